The van der Waals surface area contributed by atoms with Gasteiger partial charge < -0.3 is 25.6 Å². The Bertz CT molecular complexity index is 1410. The van der Waals surface area contributed by atoms with Crippen molar-refractivity contribution in [3.8, 4) is 17.0 Å². The summed E-state index contributed by atoms with van der Waals surface area (Å²) >= 11 is 0. The van der Waals surface area contributed by atoms with Gasteiger partial charge in [-0.15, -0.1) is 0 Å². The summed E-state index contributed by atoms with van der Waals surface area (Å²) in [4.78, 5) is 24.6. The summed E-state index contributed by atoms with van der Waals surface area (Å²) in [6.45, 7) is 4.67. The summed E-state index contributed by atoms with van der Waals surface area (Å²) in [5.74, 6) is 0.438. The number of aliphatic hydroxyl groups excluding tert-OH is 1. The van der Waals surface area contributed by atoms with Gasteiger partial charge in [0.25, 0.3) is 0 Å². The van der Waals surface area contributed by atoms with Crippen LogP contribution in [0.4, 0.5) is 17.3 Å². The molecule has 37 heavy (non-hydrogen) atoms. The minimum atomic E-state index is -3.67. The van der Waals surface area contributed by atoms with E-state index in [0.717, 1.165) is 6.26 Å². The maximum absolute atomic E-state index is 12.3. The number of anilines is 3. The van der Waals surface area contributed by atoms with Gasteiger partial charge in [0, 0.05) is 67.7 Å². The van der Waals surface area contributed by atoms with E-state index >= 15 is 0 Å². The van der Waals surface area contributed by atoms with Crippen molar-refractivity contribution in [2.24, 2.45) is 0 Å². The number of carbonyl (C=O) groups excluding carboxylic acids is 1. The Morgan fingerprint density at radius 2 is 1.84 bits per heavy atom. The Labute approximate surface area is 214 Å². The SMILES string of the molecule is CC(=O)Nc1cc(Nc2cc(O[C@H]3C[C@H](O)C3)cc(S(C)(=O)=O)n2)c(-c2ccc(C(C)(C)O)cn2)cn1. The lowest BCUT2D eigenvalue weighted by Gasteiger charge is -2.31. The van der Waals surface area contributed by atoms with Crippen molar-refractivity contribution >= 4 is 33.1 Å². The third-order valence-electron chi connectivity index (χ3n) is 5.74. The summed E-state index contributed by atoms with van der Waals surface area (Å²) in [7, 11) is -3.67. The van der Waals surface area contributed by atoms with Crippen LogP contribution in [-0.4, -0.2) is 58.0 Å². The summed E-state index contributed by atoms with van der Waals surface area (Å²) in [6.07, 6.45) is 4.40. The van der Waals surface area contributed by atoms with Crippen LogP contribution >= 0.6 is 0 Å². The molecule has 3 aromatic heterocycles. The molecule has 1 aliphatic rings. The summed E-state index contributed by atoms with van der Waals surface area (Å²) in [5.41, 5.74) is 1.08. The van der Waals surface area contributed by atoms with E-state index in [-0.39, 0.29) is 28.7 Å². The summed E-state index contributed by atoms with van der Waals surface area (Å²) in [5, 5.41) is 25.4. The normalized spacial score (nSPS) is 17.6. The second kappa shape index (κ2) is 10.0. The van der Waals surface area contributed by atoms with Crippen LogP contribution in [0, 0.1) is 0 Å². The van der Waals surface area contributed by atoms with Crippen LogP contribution in [0.5, 0.6) is 5.75 Å². The van der Waals surface area contributed by atoms with E-state index in [9.17, 15) is 23.4 Å². The van der Waals surface area contributed by atoms with Gasteiger partial charge in [0.15, 0.2) is 14.9 Å². The Morgan fingerprint density at radius 3 is 2.41 bits per heavy atom. The Morgan fingerprint density at radius 1 is 1.11 bits per heavy atom. The van der Waals surface area contributed by atoms with Gasteiger partial charge in [0.2, 0.25) is 5.91 Å². The number of pyridine rings is 3. The zero-order chi connectivity index (χ0) is 27.0. The van der Waals surface area contributed by atoms with Crippen LogP contribution in [0.2, 0.25) is 0 Å². The molecule has 3 aromatic rings. The third kappa shape index (κ3) is 6.59. The topological polar surface area (TPSA) is 164 Å². The Kier molecular flexibility index (Phi) is 7.18. The lowest BCUT2D eigenvalue weighted by atomic mass is 9.92. The van der Waals surface area contributed by atoms with Gasteiger partial charge in [-0.05, 0) is 19.9 Å². The van der Waals surface area contributed by atoms with Crippen molar-refractivity contribution < 1.29 is 28.2 Å². The quantitative estimate of drug-likeness (QED) is 0.342. The molecular weight excluding hydrogens is 498 g/mol. The zero-order valence-corrected chi connectivity index (χ0v) is 21.7. The number of rotatable bonds is 8. The van der Waals surface area contributed by atoms with Crippen molar-refractivity contribution in [1.82, 2.24) is 15.0 Å². The number of nitrogens with one attached hydrogen (secondary N) is 2. The van der Waals surface area contributed by atoms with Crippen LogP contribution in [0.15, 0.2) is 47.8 Å². The number of amides is 1. The predicted molar refractivity (Wildman–Crippen MR) is 137 cm³/mol. The molecule has 0 saturated heterocycles. The van der Waals surface area contributed by atoms with E-state index in [4.69, 9.17) is 4.74 Å². The largest absolute Gasteiger partial charge is 0.490 e. The number of aromatic nitrogens is 3. The standard InChI is InChI=1S/C25H29N5O6S/c1-14(31)28-22-11-21(19(13-27-22)20-6-5-15(12-26-20)25(2,3)33)29-23-9-18(36-17-7-16(32)8-17)10-24(30-23)37(4,34)35/h5-6,9-13,16-17,32-33H,7-8H2,1-4H3,(H2,27,28,29,30,31)/t16-,17-. The van der Waals surface area contributed by atoms with Crippen molar-refractivity contribution in [3.05, 3.63) is 48.3 Å². The highest BCUT2D eigenvalue weighted by molar-refractivity contribution is 7.90. The number of ether oxygens (including phenoxy) is 1. The van der Waals surface area contributed by atoms with Crippen molar-refractivity contribution in [1.29, 1.82) is 0 Å². The molecule has 4 N–H and O–H groups in total. The molecule has 4 rings (SSSR count). The van der Waals surface area contributed by atoms with Crippen molar-refractivity contribution in [2.75, 3.05) is 16.9 Å². The monoisotopic (exact) mass is 527 g/mol. The van der Waals surface area contributed by atoms with E-state index in [1.54, 1.807) is 44.3 Å². The minimum absolute atomic E-state index is 0.183. The molecule has 1 saturated carbocycles. The van der Waals surface area contributed by atoms with Crippen LogP contribution < -0.4 is 15.4 Å². The van der Waals surface area contributed by atoms with Gasteiger partial charge in [0.05, 0.1) is 23.1 Å². The molecule has 3 heterocycles. The molecule has 11 nitrogen and oxygen atoms in total. The van der Waals surface area contributed by atoms with Crippen molar-refractivity contribution in [2.45, 2.75) is 56.4 Å². The fourth-order valence-electron chi connectivity index (χ4n) is 3.69. The predicted octanol–water partition coefficient (Wildman–Crippen LogP) is 2.77. The molecule has 0 aromatic carbocycles. The van der Waals surface area contributed by atoms with Gasteiger partial charge >= 0.3 is 0 Å². The second-order valence-corrected chi connectivity index (χ2v) is 11.5. The third-order valence-corrected chi connectivity index (χ3v) is 6.71. The maximum atomic E-state index is 12.3. The lowest BCUT2D eigenvalue weighted by Crippen LogP contribution is -2.37. The molecule has 1 fully saturated rings. The highest BCUT2D eigenvalue weighted by Gasteiger charge is 2.29. The Hall–Kier alpha value is -3.61. The fourth-order valence-corrected chi connectivity index (χ4v) is 4.29. The average Bonchev–Trinajstić information content (AvgIpc) is 2.77. The van der Waals surface area contributed by atoms with E-state index in [1.165, 1.54) is 19.2 Å². The number of aliphatic hydroxyl groups is 2. The highest BCUT2D eigenvalue weighted by Crippen LogP contribution is 2.34. The highest BCUT2D eigenvalue weighted by atomic mass is 32.2. The molecule has 0 radical (unpaired) electrons. The molecular formula is C25H29N5O6S. The first-order valence-electron chi connectivity index (χ1n) is 11.6. The van der Waals surface area contributed by atoms with E-state index in [2.05, 4.69) is 25.6 Å². The lowest BCUT2D eigenvalue weighted by molar-refractivity contribution is -0.114. The molecule has 1 amide bonds. The van der Waals surface area contributed by atoms with Gasteiger partial charge in [-0.3, -0.25) is 9.78 Å². The molecule has 0 aliphatic heterocycles. The first kappa shape index (κ1) is 26.5. The average molecular weight is 528 g/mol. The first-order valence-corrected chi connectivity index (χ1v) is 13.5. The first-order chi connectivity index (χ1) is 17.3. The number of nitrogens with zero attached hydrogens (tertiary/aromatic N) is 3. The van der Waals surface area contributed by atoms with E-state index in [0.29, 0.717) is 41.1 Å². The molecule has 12 heteroatoms. The molecule has 1 aliphatic carbocycles. The van der Waals surface area contributed by atoms with Gasteiger partial charge in [-0.1, -0.05) is 6.07 Å². The van der Waals surface area contributed by atoms with E-state index in [1.807, 2.05) is 0 Å². The number of carbonyl (C=O) groups is 1. The second-order valence-electron chi connectivity index (χ2n) is 9.58. The number of hydrogen-bond donors (Lipinski definition) is 4. The van der Waals surface area contributed by atoms with Gasteiger partial charge in [0.1, 0.15) is 23.5 Å². The maximum Gasteiger partial charge on any atom is 0.222 e. The molecule has 0 unspecified atom stereocenters. The summed E-state index contributed by atoms with van der Waals surface area (Å²) < 4.78 is 30.5. The van der Waals surface area contributed by atoms with Crippen LogP contribution in [0.25, 0.3) is 11.3 Å². The smallest absolute Gasteiger partial charge is 0.222 e. The number of hydrogen-bond acceptors (Lipinski definition) is 10. The van der Waals surface area contributed by atoms with Crippen molar-refractivity contribution in [3.63, 3.8) is 0 Å². The Balaban J connectivity index is 1.74. The zero-order valence-electron chi connectivity index (χ0n) is 20.9. The van der Waals surface area contributed by atoms with Crippen LogP contribution in [0.3, 0.4) is 0 Å². The van der Waals surface area contributed by atoms with Gasteiger partial charge in [-0.2, -0.15) is 0 Å². The number of sulfone groups is 1. The van der Waals surface area contributed by atoms with Crippen LogP contribution in [-0.2, 0) is 20.2 Å². The summed E-state index contributed by atoms with van der Waals surface area (Å²) in [6, 6.07) is 7.96. The molecule has 0 bridgehead atoms. The van der Waals surface area contributed by atoms with Gasteiger partial charge in [-0.25, -0.2) is 18.4 Å². The minimum Gasteiger partial charge on any atom is -0.490 e. The molecule has 0 atom stereocenters. The van der Waals surface area contributed by atoms with E-state index < -0.39 is 21.5 Å². The molecule has 196 valence electrons. The fraction of sp³-hybridized carbons (Fsp3) is 0.360. The van der Waals surface area contributed by atoms with Crippen LogP contribution in [0.1, 0.15) is 39.2 Å². The molecule has 0 spiro atoms.